The van der Waals surface area contributed by atoms with Crippen LogP contribution >= 0.6 is 0 Å². The van der Waals surface area contributed by atoms with Crippen molar-refractivity contribution in [2.24, 2.45) is 45.3 Å². The number of hydrogen-bond donors (Lipinski definition) is 1. The van der Waals surface area contributed by atoms with Crippen molar-refractivity contribution in [3.05, 3.63) is 0 Å². The van der Waals surface area contributed by atoms with Gasteiger partial charge in [0.1, 0.15) is 5.78 Å². The van der Waals surface area contributed by atoms with E-state index in [9.17, 15) is 9.90 Å². The van der Waals surface area contributed by atoms with Crippen LogP contribution in [0.5, 0.6) is 0 Å². The monoisotopic (exact) mass is 302 g/mol. The molecule has 6 rings (SSSR count). The van der Waals surface area contributed by atoms with Crippen LogP contribution in [0.15, 0.2) is 0 Å². The maximum Gasteiger partial charge on any atom is 0.145 e. The number of carbonyl (C=O) groups excluding carboxylic acids is 1. The maximum atomic E-state index is 13.2. The van der Waals surface area contributed by atoms with Crippen LogP contribution in [0.25, 0.3) is 0 Å². The molecule has 4 bridgehead atoms. The Kier molecular flexibility index (Phi) is 2.23. The van der Waals surface area contributed by atoms with Gasteiger partial charge in [-0.25, -0.2) is 0 Å². The Morgan fingerprint density at radius 1 is 1.05 bits per heavy atom. The number of aliphatic hydroxyl groups excluding tert-OH is 1. The van der Waals surface area contributed by atoms with Gasteiger partial charge in [0.25, 0.3) is 0 Å². The minimum Gasteiger partial charge on any atom is -0.391 e. The van der Waals surface area contributed by atoms with Crippen LogP contribution in [0.4, 0.5) is 0 Å². The van der Waals surface area contributed by atoms with E-state index in [0.717, 1.165) is 18.8 Å². The second-order valence-electron chi connectivity index (χ2n) is 10.5. The molecule has 22 heavy (non-hydrogen) atoms. The molecule has 1 spiro atoms. The van der Waals surface area contributed by atoms with Crippen LogP contribution in [-0.2, 0) is 4.79 Å². The molecule has 6 aliphatic carbocycles. The number of hydrogen-bond acceptors (Lipinski definition) is 2. The molecule has 6 saturated carbocycles. The first kappa shape index (κ1) is 14.0. The highest BCUT2D eigenvalue weighted by Crippen LogP contribution is 2.83. The van der Waals surface area contributed by atoms with Crippen LogP contribution in [0.2, 0.25) is 0 Å². The molecule has 0 heterocycles. The third-order valence-corrected chi connectivity index (χ3v) is 9.61. The maximum absolute atomic E-state index is 13.2. The first-order valence-corrected chi connectivity index (χ1v) is 9.43. The molecule has 0 aliphatic heterocycles. The molecule has 0 aromatic carbocycles. The highest BCUT2D eigenvalue weighted by molar-refractivity contribution is 5.97. The lowest BCUT2D eigenvalue weighted by atomic mass is 9.39. The SMILES string of the molecule is CC1(C)CCC[C@]2(C)[C@@H]1CC[C@@]13C(=O)[C@H]4[C@@H](C[C@@H]21)[C@@]4(C)[C@H]3O. The summed E-state index contributed by atoms with van der Waals surface area (Å²) >= 11 is 0. The van der Waals surface area contributed by atoms with Crippen LogP contribution < -0.4 is 0 Å². The Hall–Kier alpha value is -0.370. The van der Waals surface area contributed by atoms with Crippen LogP contribution in [0.1, 0.15) is 66.2 Å². The van der Waals surface area contributed by atoms with E-state index < -0.39 is 0 Å². The Bertz CT molecular complexity index is 580. The molecule has 122 valence electrons. The number of Topliss-reactive ketones (excluding diaryl/α,β-unsaturated/α-hetero) is 1. The summed E-state index contributed by atoms with van der Waals surface area (Å²) in [7, 11) is 0. The fraction of sp³-hybridized carbons (Fsp3) is 0.950. The summed E-state index contributed by atoms with van der Waals surface area (Å²) in [6, 6.07) is 0. The predicted molar refractivity (Wildman–Crippen MR) is 85.1 cm³/mol. The van der Waals surface area contributed by atoms with Crippen LogP contribution in [0, 0.1) is 45.3 Å². The molecule has 0 amide bonds. The number of carbonyl (C=O) groups is 1. The number of ketones is 1. The summed E-state index contributed by atoms with van der Waals surface area (Å²) in [5.41, 5.74) is 0.245. The van der Waals surface area contributed by atoms with Crippen molar-refractivity contribution < 1.29 is 9.90 Å². The van der Waals surface area contributed by atoms with Gasteiger partial charge in [-0.2, -0.15) is 0 Å². The van der Waals surface area contributed by atoms with E-state index in [4.69, 9.17) is 0 Å². The zero-order chi connectivity index (χ0) is 15.7. The van der Waals surface area contributed by atoms with Crippen molar-refractivity contribution in [3.8, 4) is 0 Å². The largest absolute Gasteiger partial charge is 0.391 e. The molecule has 0 unspecified atom stereocenters. The number of aliphatic hydroxyl groups is 1. The Labute approximate surface area is 134 Å². The summed E-state index contributed by atoms with van der Waals surface area (Å²) in [4.78, 5) is 13.2. The van der Waals surface area contributed by atoms with E-state index in [-0.39, 0.29) is 28.3 Å². The number of fused-ring (bicyclic) bond motifs is 1. The zero-order valence-corrected chi connectivity index (χ0v) is 14.5. The van der Waals surface area contributed by atoms with E-state index in [1.54, 1.807) is 0 Å². The van der Waals surface area contributed by atoms with Crippen molar-refractivity contribution in [2.45, 2.75) is 72.3 Å². The van der Waals surface area contributed by atoms with Gasteiger partial charge in [0.05, 0.1) is 11.5 Å². The fourth-order valence-electron chi connectivity index (χ4n) is 8.64. The van der Waals surface area contributed by atoms with Gasteiger partial charge in [0.15, 0.2) is 0 Å². The van der Waals surface area contributed by atoms with Crippen molar-refractivity contribution in [1.82, 2.24) is 0 Å². The lowest BCUT2D eigenvalue weighted by Gasteiger charge is -2.65. The summed E-state index contributed by atoms with van der Waals surface area (Å²) in [5, 5.41) is 11.2. The van der Waals surface area contributed by atoms with Gasteiger partial charge < -0.3 is 5.11 Å². The third kappa shape index (κ3) is 1.13. The molecular formula is C20H30O2. The molecule has 1 N–H and O–H groups in total. The molecule has 6 aliphatic rings. The average Bonchev–Trinajstić information content (AvgIpc) is 3.01. The molecular weight excluding hydrogens is 272 g/mol. The molecule has 0 saturated heterocycles. The van der Waals surface area contributed by atoms with Gasteiger partial charge >= 0.3 is 0 Å². The van der Waals surface area contributed by atoms with Crippen molar-refractivity contribution >= 4 is 5.78 Å². The molecule has 0 aromatic heterocycles. The van der Waals surface area contributed by atoms with Gasteiger partial charge in [-0.1, -0.05) is 34.1 Å². The number of rotatable bonds is 0. The predicted octanol–water partition coefficient (Wildman–Crippen LogP) is 3.82. The standard InChI is InChI=1S/C20H30O2/c1-17(2)7-5-8-18(3)12(17)6-9-20-13(18)10-11-14(15(20)21)19(11,4)16(20)22/h11-14,16,22H,5-10H2,1-4H3/t11-,12-,13+,14-,16-,18-,19-,20+/m1/s1. The van der Waals surface area contributed by atoms with Crippen molar-refractivity contribution in [1.29, 1.82) is 0 Å². The van der Waals surface area contributed by atoms with Gasteiger partial charge in [-0.15, -0.1) is 0 Å². The molecule has 8 atom stereocenters. The van der Waals surface area contributed by atoms with Gasteiger partial charge in [0, 0.05) is 11.3 Å². The van der Waals surface area contributed by atoms with Gasteiger partial charge in [-0.05, 0) is 60.7 Å². The zero-order valence-electron chi connectivity index (χ0n) is 14.5. The summed E-state index contributed by atoms with van der Waals surface area (Å²) in [6.45, 7) is 9.55. The Balaban J connectivity index is 1.64. The van der Waals surface area contributed by atoms with E-state index in [2.05, 4.69) is 27.7 Å². The molecule has 0 aromatic rings. The van der Waals surface area contributed by atoms with E-state index in [1.807, 2.05) is 0 Å². The van der Waals surface area contributed by atoms with Gasteiger partial charge in [0.2, 0.25) is 0 Å². The Morgan fingerprint density at radius 3 is 2.41 bits per heavy atom. The van der Waals surface area contributed by atoms with E-state index in [1.165, 1.54) is 25.7 Å². The highest BCUT2D eigenvalue weighted by atomic mass is 16.3. The quantitative estimate of drug-likeness (QED) is 0.738. The minimum atomic E-state index is -0.368. The van der Waals surface area contributed by atoms with Gasteiger partial charge in [-0.3, -0.25) is 4.79 Å². The van der Waals surface area contributed by atoms with Crippen molar-refractivity contribution in [3.63, 3.8) is 0 Å². The Morgan fingerprint density at radius 2 is 1.77 bits per heavy atom. The smallest absolute Gasteiger partial charge is 0.145 e. The van der Waals surface area contributed by atoms with Crippen LogP contribution in [0.3, 0.4) is 0 Å². The summed E-state index contributed by atoms with van der Waals surface area (Å²) in [6.07, 6.45) is 6.85. The normalized spacial score (nSPS) is 64.0. The lowest BCUT2D eigenvalue weighted by Crippen LogP contribution is -2.64. The second kappa shape index (κ2) is 3.50. The van der Waals surface area contributed by atoms with E-state index in [0.29, 0.717) is 23.0 Å². The van der Waals surface area contributed by atoms with Crippen molar-refractivity contribution in [2.75, 3.05) is 0 Å². The highest BCUT2D eigenvalue weighted by Gasteiger charge is 2.87. The molecule has 2 nitrogen and oxygen atoms in total. The first-order valence-electron chi connectivity index (χ1n) is 9.43. The summed E-state index contributed by atoms with van der Waals surface area (Å²) in [5.74, 6) is 2.33. The third-order valence-electron chi connectivity index (χ3n) is 9.61. The first-order chi connectivity index (χ1) is 10.2. The minimum absolute atomic E-state index is 0.0546. The average molecular weight is 302 g/mol. The summed E-state index contributed by atoms with van der Waals surface area (Å²) < 4.78 is 0. The lowest BCUT2D eigenvalue weighted by molar-refractivity contribution is -0.200. The molecule has 0 radical (unpaired) electrons. The van der Waals surface area contributed by atoms with Crippen LogP contribution in [-0.4, -0.2) is 17.0 Å². The molecule has 6 fully saturated rings. The van der Waals surface area contributed by atoms with E-state index >= 15 is 0 Å². The topological polar surface area (TPSA) is 37.3 Å². The second-order valence-corrected chi connectivity index (χ2v) is 10.5. The fourth-order valence-corrected chi connectivity index (χ4v) is 8.64. The molecule has 2 heteroatoms.